The second-order valence-corrected chi connectivity index (χ2v) is 7.32. The molecule has 2 heterocycles. The number of carbonyl (C=O) groups is 1. The van der Waals surface area contributed by atoms with Crippen LogP contribution in [0.4, 0.5) is 17.5 Å². The molecule has 1 aliphatic heterocycles. The van der Waals surface area contributed by atoms with Crippen LogP contribution in [-0.2, 0) is 0 Å². The van der Waals surface area contributed by atoms with Crippen molar-refractivity contribution in [3.05, 3.63) is 88.7 Å². The molecule has 1 amide bonds. The van der Waals surface area contributed by atoms with Crippen LogP contribution in [-0.4, -0.2) is 22.9 Å². The van der Waals surface area contributed by atoms with E-state index in [-0.39, 0.29) is 23.2 Å². The molecule has 164 valence electrons. The summed E-state index contributed by atoms with van der Waals surface area (Å²) in [6, 6.07) is 16.3. The SMILES string of the molecule is C=C1c2c(Cl)cccc2C=C(CC)N1c1ccccc1.CNC(=O)c1cnc(N)nc1N. The third-order valence-corrected chi connectivity index (χ3v) is 5.21. The van der Waals surface area contributed by atoms with Crippen molar-refractivity contribution >= 4 is 46.7 Å². The molecule has 1 aromatic heterocycles. The molecule has 7 nitrogen and oxygen atoms in total. The molecule has 4 rings (SSSR count). The van der Waals surface area contributed by atoms with Gasteiger partial charge in [-0.3, -0.25) is 4.79 Å². The Morgan fingerprint density at radius 1 is 1.16 bits per heavy atom. The number of aromatic nitrogens is 2. The molecular weight excluding hydrogens is 424 g/mol. The lowest BCUT2D eigenvalue weighted by molar-refractivity contribution is 0.0963. The van der Waals surface area contributed by atoms with E-state index in [1.54, 1.807) is 0 Å². The number of carbonyl (C=O) groups excluding carboxylic acids is 1. The molecule has 0 radical (unpaired) electrons. The normalized spacial score (nSPS) is 12.3. The number of fused-ring (bicyclic) bond motifs is 1. The minimum absolute atomic E-state index is 0.0557. The van der Waals surface area contributed by atoms with Crippen molar-refractivity contribution in [1.82, 2.24) is 15.3 Å². The van der Waals surface area contributed by atoms with Crippen molar-refractivity contribution in [3.8, 4) is 0 Å². The van der Waals surface area contributed by atoms with E-state index in [2.05, 4.69) is 58.0 Å². The van der Waals surface area contributed by atoms with Crippen molar-refractivity contribution < 1.29 is 4.79 Å². The number of nitrogens with one attached hydrogen (secondary N) is 1. The van der Waals surface area contributed by atoms with Gasteiger partial charge in [0.15, 0.2) is 0 Å². The molecule has 0 aliphatic carbocycles. The molecule has 0 unspecified atom stereocenters. The van der Waals surface area contributed by atoms with Crippen LogP contribution < -0.4 is 21.7 Å². The first kappa shape index (κ1) is 22.8. The molecule has 5 N–H and O–H groups in total. The molecule has 8 heteroatoms. The number of anilines is 3. The standard InChI is InChI=1S/C18H16ClN.C6H9N5O/c1-3-15-12-14-8-7-11-17(19)18(14)13(2)20(15)16-9-5-4-6-10-16;1-9-5(12)3-2-10-6(8)11-4(3)7/h4-12H,2-3H2,1H3;2H,1H3,(H,9,12)(H4,7,8,10,11). The Hall–Kier alpha value is -3.84. The third-order valence-electron chi connectivity index (χ3n) is 4.90. The van der Waals surface area contributed by atoms with E-state index in [0.717, 1.165) is 34.0 Å². The summed E-state index contributed by atoms with van der Waals surface area (Å²) in [5.41, 5.74) is 16.3. The van der Waals surface area contributed by atoms with Crippen LogP contribution in [0.1, 0.15) is 34.8 Å². The molecule has 3 aromatic rings. The molecule has 2 aromatic carbocycles. The van der Waals surface area contributed by atoms with Crippen molar-refractivity contribution in [2.75, 3.05) is 23.4 Å². The Bertz CT molecular complexity index is 1180. The number of nitrogens with two attached hydrogens (primary N) is 2. The number of rotatable bonds is 3. The Morgan fingerprint density at radius 3 is 2.50 bits per heavy atom. The van der Waals surface area contributed by atoms with Gasteiger partial charge in [-0.1, -0.05) is 55.4 Å². The lowest BCUT2D eigenvalue weighted by atomic mass is 9.97. The first-order valence-corrected chi connectivity index (χ1v) is 10.4. The summed E-state index contributed by atoms with van der Waals surface area (Å²) in [4.78, 5) is 20.5. The number of hydrogen-bond donors (Lipinski definition) is 3. The maximum atomic E-state index is 11.0. The van der Waals surface area contributed by atoms with Crippen molar-refractivity contribution in [2.45, 2.75) is 13.3 Å². The van der Waals surface area contributed by atoms with E-state index >= 15 is 0 Å². The summed E-state index contributed by atoms with van der Waals surface area (Å²) in [6.07, 6.45) is 4.43. The van der Waals surface area contributed by atoms with Gasteiger partial charge < -0.3 is 21.7 Å². The molecule has 0 bridgehead atoms. The minimum Gasteiger partial charge on any atom is -0.383 e. The minimum atomic E-state index is -0.326. The maximum Gasteiger partial charge on any atom is 0.256 e. The van der Waals surface area contributed by atoms with E-state index in [1.807, 2.05) is 30.3 Å². The number of allylic oxidation sites excluding steroid dienone is 1. The summed E-state index contributed by atoms with van der Waals surface area (Å²) >= 11 is 6.36. The smallest absolute Gasteiger partial charge is 0.256 e. The number of para-hydroxylation sites is 1. The highest BCUT2D eigenvalue weighted by Crippen LogP contribution is 2.40. The topological polar surface area (TPSA) is 110 Å². The highest BCUT2D eigenvalue weighted by molar-refractivity contribution is 6.33. The Labute approximate surface area is 192 Å². The molecule has 1 aliphatic rings. The van der Waals surface area contributed by atoms with Crippen LogP contribution >= 0.6 is 11.6 Å². The van der Waals surface area contributed by atoms with E-state index < -0.39 is 0 Å². The van der Waals surface area contributed by atoms with E-state index in [9.17, 15) is 4.79 Å². The van der Waals surface area contributed by atoms with Crippen molar-refractivity contribution in [3.63, 3.8) is 0 Å². The van der Waals surface area contributed by atoms with Gasteiger partial charge in [0.2, 0.25) is 5.95 Å². The molecule has 0 saturated heterocycles. The third kappa shape index (κ3) is 4.73. The fraction of sp³-hybridized carbons (Fsp3) is 0.125. The number of hydrogen-bond acceptors (Lipinski definition) is 6. The van der Waals surface area contributed by atoms with Gasteiger partial charge >= 0.3 is 0 Å². The van der Waals surface area contributed by atoms with Crippen LogP contribution in [0.2, 0.25) is 5.02 Å². The Balaban J connectivity index is 0.000000207. The zero-order chi connectivity index (χ0) is 23.3. The van der Waals surface area contributed by atoms with Gasteiger partial charge in [0, 0.05) is 35.9 Å². The largest absolute Gasteiger partial charge is 0.383 e. The number of halogens is 1. The van der Waals surface area contributed by atoms with Gasteiger partial charge in [-0.2, -0.15) is 4.98 Å². The molecular formula is C24H25ClN6O. The highest BCUT2D eigenvalue weighted by atomic mass is 35.5. The second-order valence-electron chi connectivity index (χ2n) is 6.92. The van der Waals surface area contributed by atoms with Gasteiger partial charge in [-0.25, -0.2) is 4.98 Å². The Morgan fingerprint density at radius 2 is 1.88 bits per heavy atom. The molecule has 0 saturated carbocycles. The summed E-state index contributed by atoms with van der Waals surface area (Å²) < 4.78 is 0. The molecule has 0 spiro atoms. The number of nitrogens with zero attached hydrogens (tertiary/aromatic N) is 3. The average Bonchev–Trinajstić information content (AvgIpc) is 2.79. The highest BCUT2D eigenvalue weighted by Gasteiger charge is 2.23. The fourth-order valence-corrected chi connectivity index (χ4v) is 3.66. The average molecular weight is 449 g/mol. The number of nitrogen functional groups attached to an aromatic ring is 2. The predicted octanol–water partition coefficient (Wildman–Crippen LogP) is 4.58. The van der Waals surface area contributed by atoms with Gasteiger partial charge in [-0.05, 0) is 36.3 Å². The van der Waals surface area contributed by atoms with Crippen molar-refractivity contribution in [1.29, 1.82) is 0 Å². The summed E-state index contributed by atoms with van der Waals surface area (Å²) in [6.45, 7) is 6.43. The first-order chi connectivity index (χ1) is 15.4. The van der Waals surface area contributed by atoms with Gasteiger partial charge in [-0.15, -0.1) is 0 Å². The van der Waals surface area contributed by atoms with Crippen LogP contribution in [0.3, 0.4) is 0 Å². The monoisotopic (exact) mass is 448 g/mol. The zero-order valence-corrected chi connectivity index (χ0v) is 18.7. The molecule has 0 atom stereocenters. The number of amides is 1. The number of benzene rings is 2. The summed E-state index contributed by atoms with van der Waals surface area (Å²) in [5, 5.41) is 3.15. The lowest BCUT2D eigenvalue weighted by Gasteiger charge is -2.34. The quantitative estimate of drug-likeness (QED) is 0.540. The lowest BCUT2D eigenvalue weighted by Crippen LogP contribution is -2.23. The van der Waals surface area contributed by atoms with E-state index in [0.29, 0.717) is 0 Å². The fourth-order valence-electron chi connectivity index (χ4n) is 3.37. The van der Waals surface area contributed by atoms with Crippen LogP contribution in [0.15, 0.2) is 67.0 Å². The summed E-state index contributed by atoms with van der Waals surface area (Å²) in [5.74, 6) is -0.186. The van der Waals surface area contributed by atoms with E-state index in [4.69, 9.17) is 23.1 Å². The van der Waals surface area contributed by atoms with Gasteiger partial charge in [0.05, 0.1) is 10.6 Å². The summed E-state index contributed by atoms with van der Waals surface area (Å²) in [7, 11) is 1.50. The second kappa shape index (κ2) is 9.98. The van der Waals surface area contributed by atoms with Crippen LogP contribution in [0.5, 0.6) is 0 Å². The van der Waals surface area contributed by atoms with Crippen molar-refractivity contribution in [2.24, 2.45) is 0 Å². The zero-order valence-electron chi connectivity index (χ0n) is 18.0. The van der Waals surface area contributed by atoms with Crippen LogP contribution in [0, 0.1) is 0 Å². The van der Waals surface area contributed by atoms with Gasteiger partial charge in [0.25, 0.3) is 5.91 Å². The maximum absolute atomic E-state index is 11.0. The van der Waals surface area contributed by atoms with Crippen LogP contribution in [0.25, 0.3) is 11.8 Å². The molecule has 32 heavy (non-hydrogen) atoms. The Kier molecular flexibility index (Phi) is 7.12. The molecule has 0 fully saturated rings. The van der Waals surface area contributed by atoms with Gasteiger partial charge in [0.1, 0.15) is 5.82 Å². The first-order valence-electron chi connectivity index (χ1n) is 10.0. The predicted molar refractivity (Wildman–Crippen MR) is 132 cm³/mol. The van der Waals surface area contributed by atoms with E-state index in [1.165, 1.54) is 18.9 Å².